The van der Waals surface area contributed by atoms with E-state index < -0.39 is 0 Å². The van der Waals surface area contributed by atoms with Crippen molar-refractivity contribution in [3.05, 3.63) is 83.9 Å². The Morgan fingerprint density at radius 1 is 1.03 bits per heavy atom. The van der Waals surface area contributed by atoms with Crippen LogP contribution in [0.1, 0.15) is 67.7 Å². The fourth-order valence-electron chi connectivity index (χ4n) is 6.25. The first-order valence-corrected chi connectivity index (χ1v) is 13.8. The van der Waals surface area contributed by atoms with Crippen molar-refractivity contribution in [1.29, 1.82) is 0 Å². The van der Waals surface area contributed by atoms with Crippen molar-refractivity contribution in [1.82, 2.24) is 24.5 Å². The Morgan fingerprint density at radius 3 is 2.55 bits per heavy atom. The molecule has 1 N–H and O–H groups in total. The van der Waals surface area contributed by atoms with Gasteiger partial charge in [-0.15, -0.1) is 0 Å². The van der Waals surface area contributed by atoms with Crippen molar-refractivity contribution in [3.8, 4) is 0 Å². The van der Waals surface area contributed by atoms with Crippen LogP contribution in [0.3, 0.4) is 0 Å². The third-order valence-corrected chi connectivity index (χ3v) is 8.36. The Balaban J connectivity index is 1.20. The first-order valence-electron chi connectivity index (χ1n) is 13.8. The van der Waals surface area contributed by atoms with Gasteiger partial charge in [-0.05, 0) is 48.3 Å². The van der Waals surface area contributed by atoms with E-state index in [-0.39, 0.29) is 11.3 Å². The predicted octanol–water partition coefficient (Wildman–Crippen LogP) is 4.14. The molecule has 1 aromatic carbocycles. The maximum absolute atomic E-state index is 14.0. The van der Waals surface area contributed by atoms with E-state index in [1.807, 2.05) is 24.4 Å². The van der Waals surface area contributed by atoms with Crippen LogP contribution >= 0.6 is 0 Å². The summed E-state index contributed by atoms with van der Waals surface area (Å²) in [5.74, 6) is 1.43. The first-order chi connectivity index (χ1) is 18.6. The number of fused-ring (bicyclic) bond motifs is 1. The highest BCUT2D eigenvalue weighted by atomic mass is 16.2. The monoisotopic (exact) mass is 504 g/mol. The molecule has 0 unspecified atom stereocenters. The number of hydrogen-bond acceptors (Lipinski definition) is 5. The fraction of sp³-hybridized carbons (Fsp3) is 0.400. The van der Waals surface area contributed by atoms with Gasteiger partial charge in [-0.1, -0.05) is 55.7 Å². The van der Waals surface area contributed by atoms with Crippen LogP contribution in [0.15, 0.2) is 67.1 Å². The number of rotatable bonds is 6. The van der Waals surface area contributed by atoms with Crippen molar-refractivity contribution >= 4 is 30.7 Å². The molecular weight excluding hydrogens is 471 g/mol. The normalized spacial score (nSPS) is 17.9. The molecule has 2 aliphatic rings. The van der Waals surface area contributed by atoms with Crippen molar-refractivity contribution in [2.24, 2.45) is 0 Å². The van der Waals surface area contributed by atoms with Gasteiger partial charge in [0.15, 0.2) is 0 Å². The van der Waals surface area contributed by atoms with Crippen LogP contribution in [0.4, 0.5) is 5.82 Å². The van der Waals surface area contributed by atoms with Gasteiger partial charge in [0.25, 0.3) is 0 Å². The molecule has 0 bridgehead atoms. The zero-order valence-corrected chi connectivity index (χ0v) is 21.7. The van der Waals surface area contributed by atoms with Crippen molar-refractivity contribution in [2.75, 3.05) is 18.4 Å². The molecule has 1 aliphatic carbocycles. The van der Waals surface area contributed by atoms with Crippen LogP contribution in [-0.2, 0) is 16.8 Å². The third-order valence-electron chi connectivity index (χ3n) is 8.36. The number of piperidine rings is 1. The second-order valence-corrected chi connectivity index (χ2v) is 10.7. The molecule has 3 aromatic heterocycles. The van der Waals surface area contributed by atoms with Gasteiger partial charge >= 0.3 is 0 Å². The molecule has 38 heavy (non-hydrogen) atoms. The van der Waals surface area contributed by atoms with Crippen LogP contribution in [0.25, 0.3) is 5.65 Å². The van der Waals surface area contributed by atoms with E-state index >= 15 is 0 Å². The van der Waals surface area contributed by atoms with Gasteiger partial charge in [-0.3, -0.25) is 9.78 Å². The van der Waals surface area contributed by atoms with Gasteiger partial charge in [0.1, 0.15) is 19.3 Å². The number of nitrogens with one attached hydrogen (secondary N) is 1. The fourth-order valence-corrected chi connectivity index (χ4v) is 6.25. The summed E-state index contributed by atoms with van der Waals surface area (Å²) < 4.78 is 1.76. The molecule has 192 valence electrons. The molecule has 4 heterocycles. The summed E-state index contributed by atoms with van der Waals surface area (Å²) in [5, 5.41) is 7.93. The Labute approximate surface area is 225 Å². The first kappa shape index (κ1) is 24.6. The van der Waals surface area contributed by atoms with Crippen LogP contribution in [0.5, 0.6) is 0 Å². The standard InChI is InChI=1S/C30H33BN6O/c31-25-21-34-37-27(33-20-22-8-7-15-32-19-22)18-26(35-28(25)37)23-11-16-36(17-12-23)29(38)30(13-5-2-6-14-30)24-9-3-1-4-10-24/h1,3-4,7-10,15,18-19,21,23,33H,2,5-6,11-14,16-17,20H2. The minimum absolute atomic E-state index is 0.260. The Kier molecular flexibility index (Phi) is 6.87. The number of amides is 1. The molecule has 7 nitrogen and oxygen atoms in total. The molecule has 2 radical (unpaired) electrons. The lowest BCUT2D eigenvalue weighted by Gasteiger charge is -2.42. The molecule has 1 saturated carbocycles. The van der Waals surface area contributed by atoms with Gasteiger partial charge < -0.3 is 10.2 Å². The average Bonchev–Trinajstić information content (AvgIpc) is 3.37. The lowest BCUT2D eigenvalue weighted by molar-refractivity contribution is -0.140. The summed E-state index contributed by atoms with van der Waals surface area (Å²) in [6.07, 6.45) is 12.4. The zero-order chi connectivity index (χ0) is 26.0. The van der Waals surface area contributed by atoms with E-state index in [0.717, 1.165) is 68.7 Å². The van der Waals surface area contributed by atoms with Gasteiger partial charge in [0.05, 0.1) is 5.41 Å². The van der Waals surface area contributed by atoms with E-state index in [4.69, 9.17) is 12.8 Å². The average molecular weight is 504 g/mol. The Bertz CT molecular complexity index is 1390. The molecule has 1 amide bonds. The second kappa shape index (κ2) is 10.6. The number of hydrogen-bond donors (Lipinski definition) is 1. The summed E-state index contributed by atoms with van der Waals surface area (Å²) in [7, 11) is 6.23. The van der Waals surface area contributed by atoms with Crippen molar-refractivity contribution in [2.45, 2.75) is 62.8 Å². The highest BCUT2D eigenvalue weighted by Gasteiger charge is 2.44. The van der Waals surface area contributed by atoms with E-state index in [1.165, 1.54) is 12.0 Å². The molecular formula is C30H33BN6O. The molecule has 2 fully saturated rings. The number of pyridine rings is 1. The van der Waals surface area contributed by atoms with Crippen molar-refractivity contribution in [3.63, 3.8) is 0 Å². The maximum Gasteiger partial charge on any atom is 0.233 e. The number of aromatic nitrogens is 4. The third kappa shape index (κ3) is 4.68. The highest BCUT2D eigenvalue weighted by Crippen LogP contribution is 2.42. The lowest BCUT2D eigenvalue weighted by atomic mass is 9.68. The van der Waals surface area contributed by atoms with Gasteiger partial charge in [0.2, 0.25) is 5.91 Å². The second-order valence-electron chi connectivity index (χ2n) is 10.7. The summed E-state index contributed by atoms with van der Waals surface area (Å²) in [6, 6.07) is 16.5. The SMILES string of the molecule is [B]c1cnn2c(NCc3cccnc3)cc(C3CCN(C(=O)C4(c5ccccc5)CCCCC4)CC3)nc12. The number of carbonyl (C=O) groups is 1. The van der Waals surface area contributed by atoms with Gasteiger partial charge in [-0.25, -0.2) is 4.98 Å². The highest BCUT2D eigenvalue weighted by molar-refractivity contribution is 6.36. The number of benzene rings is 1. The molecule has 8 heteroatoms. The van der Waals surface area contributed by atoms with Crippen LogP contribution in [-0.4, -0.2) is 51.3 Å². The van der Waals surface area contributed by atoms with E-state index in [0.29, 0.717) is 23.6 Å². The summed E-state index contributed by atoms with van der Waals surface area (Å²) in [4.78, 5) is 25.3. The number of likely N-dealkylation sites (tertiary alicyclic amines) is 1. The number of carbonyl (C=O) groups excluding carboxylic acids is 1. The van der Waals surface area contributed by atoms with Crippen LogP contribution in [0.2, 0.25) is 0 Å². The molecule has 1 aliphatic heterocycles. The molecule has 0 atom stereocenters. The minimum atomic E-state index is -0.376. The smallest absolute Gasteiger partial charge is 0.233 e. The Hall–Kier alpha value is -3.68. The largest absolute Gasteiger partial charge is 0.366 e. The molecule has 1 saturated heterocycles. The summed E-state index contributed by atoms with van der Waals surface area (Å²) >= 11 is 0. The van der Waals surface area contributed by atoms with Crippen LogP contribution in [0, 0.1) is 0 Å². The predicted molar refractivity (Wildman–Crippen MR) is 150 cm³/mol. The lowest BCUT2D eigenvalue weighted by Crippen LogP contribution is -2.50. The minimum Gasteiger partial charge on any atom is -0.366 e. The van der Waals surface area contributed by atoms with Crippen molar-refractivity contribution < 1.29 is 4.79 Å². The topological polar surface area (TPSA) is 75.4 Å². The molecule has 6 rings (SSSR count). The molecule has 4 aromatic rings. The summed E-state index contributed by atoms with van der Waals surface area (Å²) in [5.41, 5.74) is 4.12. The molecule has 0 spiro atoms. The Morgan fingerprint density at radius 2 is 1.82 bits per heavy atom. The van der Waals surface area contributed by atoms with E-state index in [2.05, 4.69) is 50.6 Å². The van der Waals surface area contributed by atoms with E-state index in [1.54, 1.807) is 16.9 Å². The summed E-state index contributed by atoms with van der Waals surface area (Å²) in [6.45, 7) is 2.12. The van der Waals surface area contributed by atoms with E-state index in [9.17, 15) is 4.79 Å². The van der Waals surface area contributed by atoms with Crippen LogP contribution < -0.4 is 10.8 Å². The maximum atomic E-state index is 14.0. The number of nitrogens with zero attached hydrogens (tertiary/aromatic N) is 5. The number of anilines is 1. The van der Waals surface area contributed by atoms with Gasteiger partial charge in [0, 0.05) is 55.9 Å². The van der Waals surface area contributed by atoms with Gasteiger partial charge in [-0.2, -0.15) is 9.61 Å². The zero-order valence-electron chi connectivity index (χ0n) is 21.7. The quantitative estimate of drug-likeness (QED) is 0.400.